The van der Waals surface area contributed by atoms with Crippen LogP contribution in [-0.2, 0) is 6.54 Å². The van der Waals surface area contributed by atoms with Gasteiger partial charge in [0.05, 0.1) is 21.1 Å². The van der Waals surface area contributed by atoms with Crippen LogP contribution < -0.4 is 24.0 Å². The van der Waals surface area contributed by atoms with Gasteiger partial charge in [0.1, 0.15) is 6.54 Å². The van der Waals surface area contributed by atoms with Gasteiger partial charge < -0.3 is 33.4 Å². The summed E-state index contributed by atoms with van der Waals surface area (Å²) in [5, 5.41) is 1.35. The first-order valence-corrected chi connectivity index (χ1v) is 4.92. The lowest BCUT2D eigenvalue weighted by Crippen LogP contribution is -3.00. The molecule has 0 atom stereocenters. The van der Waals surface area contributed by atoms with Crippen LogP contribution in [0.2, 0.25) is 0 Å². The molecule has 3 heteroatoms. The molecule has 0 saturated heterocycles. The summed E-state index contributed by atoms with van der Waals surface area (Å²) < 4.78 is 0.960. The largest absolute Gasteiger partial charge is 1.00 e. The second-order valence-corrected chi connectivity index (χ2v) is 4.81. The Kier molecular flexibility index (Phi) is 3.78. The molecule has 0 bridgehead atoms. The summed E-state index contributed by atoms with van der Waals surface area (Å²) in [5.41, 5.74) is 2.63. The van der Waals surface area contributed by atoms with E-state index in [1.165, 1.54) is 16.5 Å². The van der Waals surface area contributed by atoms with Crippen molar-refractivity contribution in [3.05, 3.63) is 36.0 Å². The van der Waals surface area contributed by atoms with Gasteiger partial charge in [0.15, 0.2) is 0 Å². The predicted octanol–water partition coefficient (Wildman–Crippen LogP) is -0.622. The molecule has 2 aromatic rings. The van der Waals surface area contributed by atoms with Gasteiger partial charge in [0.25, 0.3) is 0 Å². The summed E-state index contributed by atoms with van der Waals surface area (Å²) in [5.74, 6) is 0. The molecule has 15 heavy (non-hydrogen) atoms. The number of benzene rings is 1. The molecule has 1 aromatic carbocycles. The van der Waals surface area contributed by atoms with Crippen molar-refractivity contribution in [1.29, 1.82) is 0 Å². The molecule has 1 N–H and O–H groups in total. The molecule has 82 valence electrons. The van der Waals surface area contributed by atoms with Crippen LogP contribution in [0.5, 0.6) is 0 Å². The van der Waals surface area contributed by atoms with Gasteiger partial charge >= 0.3 is 0 Å². The Morgan fingerprint density at radius 1 is 1.13 bits per heavy atom. The highest BCUT2D eigenvalue weighted by atomic mass is 127. The number of aromatic nitrogens is 1. The maximum atomic E-state index is 3.30. The molecular weight excluding hydrogens is 299 g/mol. The van der Waals surface area contributed by atoms with Crippen LogP contribution in [0, 0.1) is 0 Å². The van der Waals surface area contributed by atoms with Crippen molar-refractivity contribution in [1.82, 2.24) is 4.98 Å². The van der Waals surface area contributed by atoms with Crippen molar-refractivity contribution in [2.45, 2.75) is 6.54 Å². The number of nitrogens with zero attached hydrogens (tertiary/aromatic N) is 1. The number of hydrogen-bond donors (Lipinski definition) is 1. The SMILES string of the molecule is C[N+](C)(C)Cc1c[nH]c2ccccc12.[I-]. The van der Waals surface area contributed by atoms with Crippen molar-refractivity contribution < 1.29 is 28.5 Å². The van der Waals surface area contributed by atoms with Gasteiger partial charge in [-0.25, -0.2) is 0 Å². The van der Waals surface area contributed by atoms with E-state index in [0.717, 1.165) is 11.0 Å². The fourth-order valence-electron chi connectivity index (χ4n) is 1.77. The molecule has 0 amide bonds. The quantitative estimate of drug-likeness (QED) is 0.561. The molecule has 1 aromatic heterocycles. The normalized spacial score (nSPS) is 11.4. The number of rotatable bonds is 2. The van der Waals surface area contributed by atoms with Crippen LogP contribution in [0.1, 0.15) is 5.56 Å². The molecule has 0 spiro atoms. The standard InChI is InChI=1S/C12H17N2.HI/c1-14(2,3)9-10-8-13-12-7-5-4-6-11(10)12;/h4-8,13H,9H2,1-3H3;1H/q+1;/p-1. The van der Waals surface area contributed by atoms with E-state index in [-0.39, 0.29) is 24.0 Å². The van der Waals surface area contributed by atoms with Crippen molar-refractivity contribution in [2.75, 3.05) is 21.1 Å². The Bertz CT molecular complexity index is 440. The molecule has 0 saturated carbocycles. The summed E-state index contributed by atoms with van der Waals surface area (Å²) in [6, 6.07) is 8.45. The minimum Gasteiger partial charge on any atom is -1.00 e. The number of fused-ring (bicyclic) bond motifs is 1. The average molecular weight is 316 g/mol. The zero-order valence-electron chi connectivity index (χ0n) is 9.42. The van der Waals surface area contributed by atoms with Crippen molar-refractivity contribution in [2.24, 2.45) is 0 Å². The number of quaternary nitrogens is 1. The predicted molar refractivity (Wildman–Crippen MR) is 60.0 cm³/mol. The third-order valence-electron chi connectivity index (χ3n) is 2.32. The molecule has 2 nitrogen and oxygen atoms in total. The zero-order valence-corrected chi connectivity index (χ0v) is 11.6. The number of aromatic amines is 1. The smallest absolute Gasteiger partial charge is 0.106 e. The van der Waals surface area contributed by atoms with Crippen LogP contribution in [0.25, 0.3) is 10.9 Å². The van der Waals surface area contributed by atoms with Gasteiger partial charge in [-0.2, -0.15) is 0 Å². The van der Waals surface area contributed by atoms with E-state index in [0.29, 0.717) is 0 Å². The van der Waals surface area contributed by atoms with Gasteiger partial charge in [-0.15, -0.1) is 0 Å². The Balaban J connectivity index is 0.00000112. The Labute approximate surface area is 108 Å². The maximum Gasteiger partial charge on any atom is 0.106 e. The number of hydrogen-bond acceptors (Lipinski definition) is 0. The topological polar surface area (TPSA) is 15.8 Å². The van der Waals surface area contributed by atoms with Crippen LogP contribution in [0.15, 0.2) is 30.5 Å². The average Bonchev–Trinajstić information content (AvgIpc) is 2.47. The Morgan fingerprint density at radius 2 is 1.80 bits per heavy atom. The van der Waals surface area contributed by atoms with E-state index in [4.69, 9.17) is 0 Å². The molecule has 0 fully saturated rings. The molecule has 2 rings (SSSR count). The first-order valence-electron chi connectivity index (χ1n) is 4.92. The van der Waals surface area contributed by atoms with Gasteiger partial charge in [-0.3, -0.25) is 0 Å². The highest BCUT2D eigenvalue weighted by Crippen LogP contribution is 2.19. The highest BCUT2D eigenvalue weighted by molar-refractivity contribution is 5.82. The first-order chi connectivity index (χ1) is 6.56. The zero-order chi connectivity index (χ0) is 10.2. The summed E-state index contributed by atoms with van der Waals surface area (Å²) in [6.45, 7) is 1.06. The maximum absolute atomic E-state index is 3.30. The number of nitrogens with one attached hydrogen (secondary N) is 1. The van der Waals surface area contributed by atoms with Crippen LogP contribution in [0.4, 0.5) is 0 Å². The third-order valence-corrected chi connectivity index (χ3v) is 2.32. The molecule has 0 radical (unpaired) electrons. The van der Waals surface area contributed by atoms with E-state index in [2.05, 4.69) is 56.6 Å². The second-order valence-electron chi connectivity index (χ2n) is 4.81. The number of H-pyrrole nitrogens is 1. The van der Waals surface area contributed by atoms with E-state index in [1.807, 2.05) is 0 Å². The fraction of sp³-hybridized carbons (Fsp3) is 0.333. The fourth-order valence-corrected chi connectivity index (χ4v) is 1.77. The lowest BCUT2D eigenvalue weighted by molar-refractivity contribution is -0.883. The molecule has 1 heterocycles. The number of halogens is 1. The monoisotopic (exact) mass is 316 g/mol. The molecule has 0 aliphatic heterocycles. The lowest BCUT2D eigenvalue weighted by Gasteiger charge is -2.23. The molecule has 0 unspecified atom stereocenters. The third kappa shape index (κ3) is 2.95. The van der Waals surface area contributed by atoms with Gasteiger partial charge in [0.2, 0.25) is 0 Å². The summed E-state index contributed by atoms with van der Waals surface area (Å²) >= 11 is 0. The van der Waals surface area contributed by atoms with E-state index >= 15 is 0 Å². The molecular formula is C12H17IN2. The summed E-state index contributed by atoms with van der Waals surface area (Å²) in [7, 11) is 6.63. The Morgan fingerprint density at radius 3 is 2.47 bits per heavy atom. The minimum absolute atomic E-state index is 0. The summed E-state index contributed by atoms with van der Waals surface area (Å²) in [4.78, 5) is 3.30. The van der Waals surface area contributed by atoms with E-state index < -0.39 is 0 Å². The highest BCUT2D eigenvalue weighted by Gasteiger charge is 2.11. The van der Waals surface area contributed by atoms with Crippen LogP contribution >= 0.6 is 0 Å². The van der Waals surface area contributed by atoms with Crippen LogP contribution in [-0.4, -0.2) is 30.6 Å². The van der Waals surface area contributed by atoms with Gasteiger partial charge in [-0.05, 0) is 6.07 Å². The van der Waals surface area contributed by atoms with Crippen molar-refractivity contribution >= 4 is 10.9 Å². The van der Waals surface area contributed by atoms with E-state index in [9.17, 15) is 0 Å². The van der Waals surface area contributed by atoms with Crippen molar-refractivity contribution in [3.63, 3.8) is 0 Å². The Hall–Kier alpha value is -0.550. The lowest BCUT2D eigenvalue weighted by atomic mass is 10.1. The summed E-state index contributed by atoms with van der Waals surface area (Å²) in [6.07, 6.45) is 2.12. The van der Waals surface area contributed by atoms with Gasteiger partial charge in [-0.1, -0.05) is 18.2 Å². The molecule has 0 aliphatic carbocycles. The minimum atomic E-state index is 0. The number of para-hydroxylation sites is 1. The second kappa shape index (κ2) is 4.53. The van der Waals surface area contributed by atoms with Crippen molar-refractivity contribution in [3.8, 4) is 0 Å². The van der Waals surface area contributed by atoms with E-state index in [1.54, 1.807) is 0 Å². The first kappa shape index (κ1) is 12.5. The molecule has 0 aliphatic rings. The van der Waals surface area contributed by atoms with Crippen LogP contribution in [0.3, 0.4) is 0 Å². The van der Waals surface area contributed by atoms with Gasteiger partial charge in [0, 0.05) is 22.7 Å².